The SMILES string of the molecule is CC(=O)c1c(C)cc2cc(C(=O)O)cc(O[C@@H]3O[C@H](CO)[C@]4(CC[C@@H]5CC6(CCCC6)C[C@H]6COC[C@](CCO)(CSSCO4)[C@H]56)[C@H](O)[C@H]3O)c2c1O. The molecule has 53 heavy (non-hydrogen) atoms. The normalized spacial score (nSPS) is 35.8. The highest BCUT2D eigenvalue weighted by Crippen LogP contribution is 2.62. The Morgan fingerprint density at radius 1 is 1.04 bits per heavy atom. The van der Waals surface area contributed by atoms with E-state index in [0.29, 0.717) is 48.8 Å². The first kappa shape index (κ1) is 39.1. The van der Waals surface area contributed by atoms with Gasteiger partial charge in [0.1, 0.15) is 41.4 Å². The molecule has 0 aromatic heterocycles. The van der Waals surface area contributed by atoms with Crippen LogP contribution in [0.1, 0.15) is 91.0 Å². The number of rotatable bonds is 7. The molecule has 0 unspecified atom stereocenters. The van der Waals surface area contributed by atoms with E-state index in [0.717, 1.165) is 18.6 Å². The van der Waals surface area contributed by atoms with Crippen LogP contribution in [0.15, 0.2) is 18.2 Å². The van der Waals surface area contributed by atoms with Gasteiger partial charge in [-0.05, 0) is 105 Å². The number of aryl methyl sites for hydroxylation is 1. The lowest BCUT2D eigenvalue weighted by molar-refractivity contribution is -0.323. The van der Waals surface area contributed by atoms with Crippen molar-refractivity contribution < 1.29 is 59.2 Å². The number of aromatic hydroxyl groups is 1. The Morgan fingerprint density at radius 3 is 2.49 bits per heavy atom. The third-order valence-electron chi connectivity index (χ3n) is 13.1. The molecule has 14 heteroatoms. The Morgan fingerprint density at radius 2 is 1.79 bits per heavy atom. The van der Waals surface area contributed by atoms with Crippen molar-refractivity contribution in [3.05, 3.63) is 34.9 Å². The summed E-state index contributed by atoms with van der Waals surface area (Å²) in [7, 11) is 3.12. The molecule has 2 aromatic carbocycles. The summed E-state index contributed by atoms with van der Waals surface area (Å²) in [4.78, 5) is 24.6. The number of carboxylic acid groups (broad SMARTS) is 1. The Balaban J connectivity index is 1.23. The fraction of sp³-hybridized carbons (Fsp3) is 0.692. The van der Waals surface area contributed by atoms with E-state index in [2.05, 4.69) is 0 Å². The number of carbonyl (C=O) groups excluding carboxylic acids is 1. The van der Waals surface area contributed by atoms with E-state index in [-0.39, 0.29) is 58.0 Å². The molecule has 292 valence electrons. The van der Waals surface area contributed by atoms with Gasteiger partial charge in [-0.1, -0.05) is 40.5 Å². The number of fused-ring (bicyclic) bond motifs is 1. The number of aliphatic hydroxyl groups is 4. The quantitative estimate of drug-likeness (QED) is 0.161. The largest absolute Gasteiger partial charge is 0.506 e. The van der Waals surface area contributed by atoms with Gasteiger partial charge in [0.05, 0.1) is 29.7 Å². The van der Waals surface area contributed by atoms with E-state index in [1.54, 1.807) is 23.8 Å². The van der Waals surface area contributed by atoms with Gasteiger partial charge in [-0.2, -0.15) is 0 Å². The van der Waals surface area contributed by atoms with Crippen LogP contribution >= 0.6 is 21.6 Å². The van der Waals surface area contributed by atoms with Gasteiger partial charge in [0.2, 0.25) is 6.29 Å². The third kappa shape index (κ3) is 6.99. The van der Waals surface area contributed by atoms with Gasteiger partial charge >= 0.3 is 5.97 Å². The molecule has 5 aliphatic rings. The molecule has 12 nitrogen and oxygen atoms in total. The van der Waals surface area contributed by atoms with Crippen molar-refractivity contribution in [2.45, 2.75) is 102 Å². The van der Waals surface area contributed by atoms with Crippen LogP contribution < -0.4 is 4.74 Å². The van der Waals surface area contributed by atoms with Crippen molar-refractivity contribution in [1.82, 2.24) is 0 Å². The van der Waals surface area contributed by atoms with Crippen LogP contribution in [0.2, 0.25) is 0 Å². The zero-order valence-corrected chi connectivity index (χ0v) is 32.0. The van der Waals surface area contributed by atoms with Crippen LogP contribution in [0.4, 0.5) is 0 Å². The first-order valence-electron chi connectivity index (χ1n) is 18.8. The van der Waals surface area contributed by atoms with Crippen molar-refractivity contribution in [2.24, 2.45) is 28.6 Å². The topological polar surface area (TPSA) is 192 Å². The molecule has 2 aromatic rings. The van der Waals surface area contributed by atoms with Crippen LogP contribution in [-0.2, 0) is 14.2 Å². The van der Waals surface area contributed by atoms with Crippen LogP contribution in [0.5, 0.6) is 11.5 Å². The van der Waals surface area contributed by atoms with Gasteiger partial charge in [-0.25, -0.2) is 4.79 Å². The molecular formula is C39H52O12S2. The highest BCUT2D eigenvalue weighted by molar-refractivity contribution is 8.76. The monoisotopic (exact) mass is 776 g/mol. The maximum absolute atomic E-state index is 12.5. The van der Waals surface area contributed by atoms with E-state index in [1.165, 1.54) is 55.5 Å². The maximum atomic E-state index is 12.5. The molecule has 5 fully saturated rings. The third-order valence-corrected chi connectivity index (χ3v) is 15.4. The number of Topliss-reactive ketones (excluding diaryl/α,β-unsaturated/α-hetero) is 1. The molecular weight excluding hydrogens is 725 g/mol. The lowest BCUT2D eigenvalue weighted by atomic mass is 9.51. The van der Waals surface area contributed by atoms with Gasteiger partial charge in [-0.3, -0.25) is 4.79 Å². The lowest BCUT2D eigenvalue weighted by Crippen LogP contribution is -2.69. The van der Waals surface area contributed by atoms with E-state index in [9.17, 15) is 40.2 Å². The molecule has 3 aliphatic heterocycles. The van der Waals surface area contributed by atoms with Crippen molar-refractivity contribution in [3.8, 4) is 11.5 Å². The van der Waals surface area contributed by atoms with Gasteiger partial charge in [0, 0.05) is 24.4 Å². The number of phenolic OH excluding ortho intramolecular Hbond substituents is 1. The van der Waals surface area contributed by atoms with Crippen molar-refractivity contribution >= 4 is 44.1 Å². The Bertz CT molecular complexity index is 1690. The van der Waals surface area contributed by atoms with Crippen molar-refractivity contribution in [2.75, 3.05) is 38.1 Å². The molecule has 0 radical (unpaired) electrons. The van der Waals surface area contributed by atoms with Crippen molar-refractivity contribution in [3.63, 3.8) is 0 Å². The number of carboxylic acids is 1. The number of hydrogen-bond acceptors (Lipinski definition) is 13. The Hall–Kier alpha value is -2.14. The van der Waals surface area contributed by atoms with Gasteiger partial charge < -0.3 is 49.6 Å². The summed E-state index contributed by atoms with van der Waals surface area (Å²) in [5.74, 6) is -0.465. The number of hydrogen-bond donors (Lipinski definition) is 6. The molecule has 2 saturated carbocycles. The molecule has 2 aliphatic carbocycles. The summed E-state index contributed by atoms with van der Waals surface area (Å²) in [5.41, 5.74) is -1.18. The summed E-state index contributed by atoms with van der Waals surface area (Å²) in [5, 5.41) is 66.6. The number of aliphatic hydroxyl groups excluding tert-OH is 4. The first-order chi connectivity index (χ1) is 25.4. The molecule has 3 saturated heterocycles. The molecule has 0 bridgehead atoms. The molecule has 2 spiro atoms. The maximum Gasteiger partial charge on any atom is 0.335 e. The zero-order valence-electron chi connectivity index (χ0n) is 30.3. The first-order valence-corrected chi connectivity index (χ1v) is 21.3. The second-order valence-electron chi connectivity index (χ2n) is 16.2. The fourth-order valence-electron chi connectivity index (χ4n) is 11.0. The van der Waals surface area contributed by atoms with Crippen LogP contribution in [0, 0.1) is 35.5 Å². The smallest absolute Gasteiger partial charge is 0.335 e. The Labute approximate surface area is 317 Å². The number of carbonyl (C=O) groups is 2. The number of aromatic carboxylic acids is 1. The summed E-state index contributed by atoms with van der Waals surface area (Å²) in [6.45, 7) is 3.72. The highest BCUT2D eigenvalue weighted by atomic mass is 33.1. The Kier molecular flexibility index (Phi) is 11.4. The average Bonchev–Trinajstić information content (AvgIpc) is 3.55. The van der Waals surface area contributed by atoms with Crippen LogP contribution in [-0.4, -0.2) is 111 Å². The summed E-state index contributed by atoms with van der Waals surface area (Å²) in [6.07, 6.45) is 2.44. The summed E-state index contributed by atoms with van der Waals surface area (Å²) >= 11 is 0. The van der Waals surface area contributed by atoms with Gasteiger partial charge in [0.25, 0.3) is 0 Å². The minimum absolute atomic E-state index is 0.0424. The van der Waals surface area contributed by atoms with Crippen LogP contribution in [0.25, 0.3) is 10.8 Å². The average molecular weight is 777 g/mol. The molecule has 3 heterocycles. The van der Waals surface area contributed by atoms with E-state index in [4.69, 9.17) is 18.9 Å². The lowest BCUT2D eigenvalue weighted by Gasteiger charge is -2.58. The van der Waals surface area contributed by atoms with Crippen molar-refractivity contribution in [1.29, 1.82) is 0 Å². The summed E-state index contributed by atoms with van der Waals surface area (Å²) < 4.78 is 25.3. The zero-order chi connectivity index (χ0) is 37.7. The number of benzene rings is 2. The standard InChI is InChI=1S/C39H52O12S2/c1-21-11-24-12-25(35(46)47)13-27(30(24)32(43)29(21)22(2)42)50-36-33(44)34(45)39(28(16-41)51-36)8-5-23-14-37(6-3-4-7-37)15-26-17-48-18-38(9-10-40,31(23)26)19-52-53-20-49-39/h11-13,23,26,28,31,33-34,36,40-41,43-45H,3-10,14-20H2,1-2H3,(H,46,47)/t23-,26+,28-,31-,33-,34-,36-,38-,39-/m1/s1. The van der Waals surface area contributed by atoms with E-state index >= 15 is 0 Å². The number of ether oxygens (including phenoxy) is 4. The highest BCUT2D eigenvalue weighted by Gasteiger charge is 2.60. The predicted molar refractivity (Wildman–Crippen MR) is 199 cm³/mol. The molecule has 9 atom stereocenters. The number of phenols is 1. The molecule has 0 amide bonds. The minimum atomic E-state index is -1.71. The predicted octanol–water partition coefficient (Wildman–Crippen LogP) is 5.06. The fourth-order valence-corrected chi connectivity index (χ4v) is 13.4. The van der Waals surface area contributed by atoms with Gasteiger partial charge in [-0.15, -0.1) is 0 Å². The second kappa shape index (κ2) is 15.4. The second-order valence-corrected chi connectivity index (χ2v) is 18.6. The molecule has 7 rings (SSSR count). The minimum Gasteiger partial charge on any atom is -0.506 e. The summed E-state index contributed by atoms with van der Waals surface area (Å²) in [6, 6.07) is 4.10. The van der Waals surface area contributed by atoms with Gasteiger partial charge in [0.15, 0.2) is 5.78 Å². The van der Waals surface area contributed by atoms with E-state index < -0.39 is 54.3 Å². The number of ketones is 1. The molecule has 6 N–H and O–H groups in total. The van der Waals surface area contributed by atoms with E-state index in [1.807, 2.05) is 0 Å². The van der Waals surface area contributed by atoms with Crippen LogP contribution in [0.3, 0.4) is 0 Å².